The van der Waals surface area contributed by atoms with E-state index in [0.717, 1.165) is 17.7 Å². The monoisotopic (exact) mass is 270 g/mol. The van der Waals surface area contributed by atoms with E-state index in [1.165, 1.54) is 16.7 Å². The number of benzene rings is 2. The fraction of sp³-hybridized carbons (Fsp3) is 0.294. The van der Waals surface area contributed by atoms with Crippen LogP contribution in [0.5, 0.6) is 5.75 Å². The van der Waals surface area contributed by atoms with Crippen molar-refractivity contribution in [1.29, 1.82) is 0 Å². The van der Waals surface area contributed by atoms with Gasteiger partial charge in [-0.1, -0.05) is 42.0 Å². The highest BCUT2D eigenvalue weighted by atomic mass is 16.5. The molecule has 0 aromatic heterocycles. The van der Waals surface area contributed by atoms with Crippen LogP contribution in [0, 0.1) is 13.8 Å². The molecule has 2 aromatic carbocycles. The molecule has 20 heavy (non-hydrogen) atoms. The molecule has 0 fully saturated rings. The number of hydrogen-bond acceptors (Lipinski definition) is 3. The van der Waals surface area contributed by atoms with E-state index in [4.69, 9.17) is 10.6 Å². The van der Waals surface area contributed by atoms with E-state index in [2.05, 4.69) is 48.7 Å². The highest BCUT2D eigenvalue weighted by Gasteiger charge is 2.12. The summed E-state index contributed by atoms with van der Waals surface area (Å²) in [6.45, 7) is 4.14. The Labute approximate surface area is 120 Å². The normalized spacial score (nSPS) is 12.2. The van der Waals surface area contributed by atoms with Crippen LogP contribution in [0.3, 0.4) is 0 Å². The molecule has 0 saturated heterocycles. The van der Waals surface area contributed by atoms with Crippen molar-refractivity contribution < 1.29 is 4.74 Å². The highest BCUT2D eigenvalue weighted by molar-refractivity contribution is 5.38. The molecule has 106 valence electrons. The van der Waals surface area contributed by atoms with Crippen LogP contribution in [-0.4, -0.2) is 7.11 Å². The first kappa shape index (κ1) is 14.6. The first-order valence-corrected chi connectivity index (χ1v) is 6.80. The minimum atomic E-state index is 0.0994. The predicted molar refractivity (Wildman–Crippen MR) is 82.7 cm³/mol. The Morgan fingerprint density at radius 3 is 2.35 bits per heavy atom. The van der Waals surface area contributed by atoms with Gasteiger partial charge in [0.25, 0.3) is 0 Å². The summed E-state index contributed by atoms with van der Waals surface area (Å²) in [5, 5.41) is 0. The number of hydrogen-bond donors (Lipinski definition) is 2. The average Bonchev–Trinajstić information content (AvgIpc) is 2.46. The highest BCUT2D eigenvalue weighted by Crippen LogP contribution is 2.24. The molecule has 0 radical (unpaired) electrons. The van der Waals surface area contributed by atoms with Crippen LogP contribution in [0.2, 0.25) is 0 Å². The number of nitrogens with one attached hydrogen (secondary N) is 1. The Bertz CT molecular complexity index is 564. The third-order valence-electron chi connectivity index (χ3n) is 3.58. The molecule has 0 heterocycles. The topological polar surface area (TPSA) is 47.3 Å². The van der Waals surface area contributed by atoms with Crippen molar-refractivity contribution >= 4 is 0 Å². The summed E-state index contributed by atoms with van der Waals surface area (Å²) in [4.78, 5) is 0. The number of nitrogens with two attached hydrogens (primary N) is 1. The van der Waals surface area contributed by atoms with Gasteiger partial charge in [-0.25, -0.2) is 0 Å². The fourth-order valence-electron chi connectivity index (χ4n) is 2.35. The summed E-state index contributed by atoms with van der Waals surface area (Å²) in [6, 6.07) is 14.8. The summed E-state index contributed by atoms with van der Waals surface area (Å²) < 4.78 is 5.29. The van der Waals surface area contributed by atoms with Gasteiger partial charge in [0.05, 0.1) is 7.11 Å². The molecular weight excluding hydrogens is 248 g/mol. The summed E-state index contributed by atoms with van der Waals surface area (Å²) >= 11 is 0. The van der Waals surface area contributed by atoms with Crippen LogP contribution in [0.4, 0.5) is 0 Å². The van der Waals surface area contributed by atoms with E-state index in [-0.39, 0.29) is 6.04 Å². The average molecular weight is 270 g/mol. The van der Waals surface area contributed by atoms with Gasteiger partial charge in [0.2, 0.25) is 0 Å². The maximum Gasteiger partial charge on any atom is 0.121 e. The summed E-state index contributed by atoms with van der Waals surface area (Å²) in [6.07, 6.45) is 0.864. The second kappa shape index (κ2) is 6.55. The second-order valence-electron chi connectivity index (χ2n) is 5.14. The Morgan fingerprint density at radius 2 is 1.80 bits per heavy atom. The van der Waals surface area contributed by atoms with Gasteiger partial charge < -0.3 is 4.74 Å². The van der Waals surface area contributed by atoms with Gasteiger partial charge >= 0.3 is 0 Å². The molecule has 0 spiro atoms. The fourth-order valence-corrected chi connectivity index (χ4v) is 2.35. The zero-order valence-corrected chi connectivity index (χ0v) is 12.3. The standard InChI is InChI=1S/C17H22N2O/c1-12-4-6-14(7-5-12)11-16(19-18)15-8-9-17(20-3)13(2)10-15/h4-10,16,19H,11,18H2,1-3H3. The van der Waals surface area contributed by atoms with Crippen molar-refractivity contribution in [3.8, 4) is 5.75 Å². The zero-order valence-electron chi connectivity index (χ0n) is 12.3. The van der Waals surface area contributed by atoms with Crippen LogP contribution in [0.1, 0.15) is 28.3 Å². The minimum Gasteiger partial charge on any atom is -0.496 e. The van der Waals surface area contributed by atoms with Gasteiger partial charge in [0.1, 0.15) is 5.75 Å². The summed E-state index contributed by atoms with van der Waals surface area (Å²) in [5.41, 5.74) is 7.74. The van der Waals surface area contributed by atoms with E-state index in [0.29, 0.717) is 0 Å². The Hall–Kier alpha value is -1.84. The maximum atomic E-state index is 5.72. The molecule has 2 aromatic rings. The van der Waals surface area contributed by atoms with Crippen molar-refractivity contribution in [2.45, 2.75) is 26.3 Å². The number of rotatable bonds is 5. The van der Waals surface area contributed by atoms with E-state index in [1.807, 2.05) is 13.0 Å². The maximum absolute atomic E-state index is 5.72. The van der Waals surface area contributed by atoms with Gasteiger partial charge in [0, 0.05) is 6.04 Å². The molecule has 1 unspecified atom stereocenters. The number of ether oxygens (including phenoxy) is 1. The molecule has 3 N–H and O–H groups in total. The molecule has 0 aliphatic carbocycles. The number of aryl methyl sites for hydroxylation is 2. The quantitative estimate of drug-likeness (QED) is 0.648. The molecule has 3 nitrogen and oxygen atoms in total. The van der Waals surface area contributed by atoms with E-state index in [1.54, 1.807) is 7.11 Å². The van der Waals surface area contributed by atoms with Crippen molar-refractivity contribution in [2.24, 2.45) is 5.84 Å². The molecular formula is C17H22N2O. The summed E-state index contributed by atoms with van der Waals surface area (Å²) in [5.74, 6) is 6.62. The molecule has 3 heteroatoms. The lowest BCUT2D eigenvalue weighted by Crippen LogP contribution is -2.29. The van der Waals surface area contributed by atoms with Crippen molar-refractivity contribution in [2.75, 3.05) is 7.11 Å². The van der Waals surface area contributed by atoms with Crippen LogP contribution < -0.4 is 16.0 Å². The zero-order chi connectivity index (χ0) is 14.5. The molecule has 2 rings (SSSR count). The van der Waals surface area contributed by atoms with Crippen LogP contribution >= 0.6 is 0 Å². The molecule has 1 atom stereocenters. The molecule has 0 amide bonds. The van der Waals surface area contributed by atoms with Gasteiger partial charge in [-0.2, -0.15) is 0 Å². The van der Waals surface area contributed by atoms with Crippen LogP contribution in [0.25, 0.3) is 0 Å². The van der Waals surface area contributed by atoms with Crippen molar-refractivity contribution in [3.63, 3.8) is 0 Å². The van der Waals surface area contributed by atoms with Crippen molar-refractivity contribution in [1.82, 2.24) is 5.43 Å². The lowest BCUT2D eigenvalue weighted by atomic mass is 9.97. The van der Waals surface area contributed by atoms with Crippen LogP contribution in [-0.2, 0) is 6.42 Å². The number of methoxy groups -OCH3 is 1. The largest absolute Gasteiger partial charge is 0.496 e. The van der Waals surface area contributed by atoms with Gasteiger partial charge in [-0.3, -0.25) is 11.3 Å². The molecule has 0 saturated carbocycles. The second-order valence-corrected chi connectivity index (χ2v) is 5.14. The van der Waals surface area contributed by atoms with Crippen LogP contribution in [0.15, 0.2) is 42.5 Å². The van der Waals surface area contributed by atoms with E-state index < -0.39 is 0 Å². The predicted octanol–water partition coefficient (Wildman–Crippen LogP) is 3.06. The molecule has 0 aliphatic rings. The molecule has 0 aliphatic heterocycles. The minimum absolute atomic E-state index is 0.0994. The first-order chi connectivity index (χ1) is 9.63. The van der Waals surface area contributed by atoms with E-state index in [9.17, 15) is 0 Å². The van der Waals surface area contributed by atoms with E-state index >= 15 is 0 Å². The van der Waals surface area contributed by atoms with Crippen molar-refractivity contribution in [3.05, 3.63) is 64.7 Å². The lowest BCUT2D eigenvalue weighted by Gasteiger charge is -2.18. The first-order valence-electron chi connectivity index (χ1n) is 6.80. The summed E-state index contributed by atoms with van der Waals surface area (Å²) in [7, 11) is 1.69. The Balaban J connectivity index is 2.19. The lowest BCUT2D eigenvalue weighted by molar-refractivity contribution is 0.411. The van der Waals surface area contributed by atoms with Gasteiger partial charge in [-0.05, 0) is 43.0 Å². The van der Waals surface area contributed by atoms with Gasteiger partial charge in [-0.15, -0.1) is 0 Å². The Morgan fingerprint density at radius 1 is 1.10 bits per heavy atom. The third kappa shape index (κ3) is 3.38. The van der Waals surface area contributed by atoms with Gasteiger partial charge in [0.15, 0.2) is 0 Å². The third-order valence-corrected chi connectivity index (χ3v) is 3.58. The number of hydrazine groups is 1. The molecule has 0 bridgehead atoms. The SMILES string of the molecule is COc1ccc(C(Cc2ccc(C)cc2)NN)cc1C. The Kier molecular flexibility index (Phi) is 4.77. The smallest absolute Gasteiger partial charge is 0.121 e.